The van der Waals surface area contributed by atoms with Crippen molar-refractivity contribution in [3.8, 4) is 5.75 Å². The average molecular weight is 312 g/mol. The lowest BCUT2D eigenvalue weighted by Gasteiger charge is -2.10. The van der Waals surface area contributed by atoms with E-state index in [0.29, 0.717) is 23.2 Å². The van der Waals surface area contributed by atoms with Crippen molar-refractivity contribution in [3.05, 3.63) is 24.3 Å². The standard InChI is InChI=1S/C14H20N2O4S/c1-10(21-2)7-8-15-14(19)16-11-3-5-12(6-4-11)20-9-13(17)18/h3-6,10H,7-9H2,1-2H3,(H,17,18)(H2,15,16,19). The van der Waals surface area contributed by atoms with E-state index in [9.17, 15) is 9.59 Å². The first-order chi connectivity index (χ1) is 10.0. The monoisotopic (exact) mass is 312 g/mol. The van der Waals surface area contributed by atoms with Crippen LogP contribution in [0, 0.1) is 0 Å². The fraction of sp³-hybridized carbons (Fsp3) is 0.429. The number of thioether (sulfide) groups is 1. The average Bonchev–Trinajstić information content (AvgIpc) is 2.46. The number of carboxylic acids is 1. The van der Waals surface area contributed by atoms with Crippen LogP contribution in [0.2, 0.25) is 0 Å². The van der Waals surface area contributed by atoms with Gasteiger partial charge >= 0.3 is 12.0 Å². The van der Waals surface area contributed by atoms with Crippen molar-refractivity contribution in [2.24, 2.45) is 0 Å². The highest BCUT2D eigenvalue weighted by atomic mass is 32.2. The number of benzene rings is 1. The van der Waals surface area contributed by atoms with Crippen molar-refractivity contribution in [2.45, 2.75) is 18.6 Å². The van der Waals surface area contributed by atoms with Crippen LogP contribution in [-0.2, 0) is 4.79 Å². The zero-order valence-electron chi connectivity index (χ0n) is 12.1. The molecule has 1 unspecified atom stereocenters. The van der Waals surface area contributed by atoms with E-state index in [1.165, 1.54) is 0 Å². The number of carboxylic acid groups (broad SMARTS) is 1. The third-order valence-corrected chi connectivity index (χ3v) is 3.75. The number of hydrogen-bond acceptors (Lipinski definition) is 4. The quantitative estimate of drug-likeness (QED) is 0.686. The molecule has 1 aromatic carbocycles. The molecule has 2 amide bonds. The van der Waals surface area contributed by atoms with E-state index in [1.807, 2.05) is 6.26 Å². The molecule has 0 saturated heterocycles. The SMILES string of the molecule is CSC(C)CCNC(=O)Nc1ccc(OCC(=O)O)cc1. The second-order valence-corrected chi connectivity index (χ2v) is 5.70. The zero-order valence-corrected chi connectivity index (χ0v) is 12.9. The second-order valence-electron chi connectivity index (χ2n) is 4.42. The molecule has 21 heavy (non-hydrogen) atoms. The number of hydrogen-bond donors (Lipinski definition) is 3. The number of amides is 2. The molecule has 0 heterocycles. The molecule has 0 aliphatic rings. The van der Waals surface area contributed by atoms with E-state index in [0.717, 1.165) is 6.42 Å². The van der Waals surface area contributed by atoms with Crippen LogP contribution in [-0.4, -0.2) is 41.8 Å². The molecule has 1 atom stereocenters. The number of rotatable bonds is 8. The molecule has 0 aliphatic heterocycles. The van der Waals surface area contributed by atoms with Crippen LogP contribution in [0.25, 0.3) is 0 Å². The lowest BCUT2D eigenvalue weighted by Crippen LogP contribution is -2.30. The molecule has 3 N–H and O–H groups in total. The molecule has 0 radical (unpaired) electrons. The molecule has 6 nitrogen and oxygen atoms in total. The summed E-state index contributed by atoms with van der Waals surface area (Å²) in [5.74, 6) is -0.590. The molecule has 116 valence electrons. The van der Waals surface area contributed by atoms with E-state index < -0.39 is 5.97 Å². The molecule has 0 saturated carbocycles. The molecule has 7 heteroatoms. The fourth-order valence-corrected chi connectivity index (χ4v) is 1.82. The number of aliphatic carboxylic acids is 1. The summed E-state index contributed by atoms with van der Waals surface area (Å²) >= 11 is 1.76. The van der Waals surface area contributed by atoms with Crippen LogP contribution in [0.1, 0.15) is 13.3 Å². The summed E-state index contributed by atoms with van der Waals surface area (Å²) in [6, 6.07) is 6.26. The summed E-state index contributed by atoms with van der Waals surface area (Å²) in [5.41, 5.74) is 0.619. The normalized spacial score (nSPS) is 11.5. The van der Waals surface area contributed by atoms with E-state index in [1.54, 1.807) is 36.0 Å². The van der Waals surface area contributed by atoms with Gasteiger partial charge in [0.1, 0.15) is 5.75 Å². The Morgan fingerprint density at radius 3 is 2.57 bits per heavy atom. The second kappa shape index (κ2) is 9.12. The highest BCUT2D eigenvalue weighted by molar-refractivity contribution is 7.99. The van der Waals surface area contributed by atoms with Crippen molar-refractivity contribution in [2.75, 3.05) is 24.7 Å². The Kier molecular flexibility index (Phi) is 7.45. The minimum Gasteiger partial charge on any atom is -0.482 e. The summed E-state index contributed by atoms with van der Waals surface area (Å²) in [6.07, 6.45) is 2.95. The topological polar surface area (TPSA) is 87.7 Å². The molecule has 1 rings (SSSR count). The molecular weight excluding hydrogens is 292 g/mol. The van der Waals surface area contributed by atoms with E-state index in [4.69, 9.17) is 9.84 Å². The number of carbonyl (C=O) groups excluding carboxylic acids is 1. The predicted molar refractivity (Wildman–Crippen MR) is 84.2 cm³/mol. The molecule has 0 fully saturated rings. The maximum Gasteiger partial charge on any atom is 0.341 e. The minimum atomic E-state index is -1.03. The maximum absolute atomic E-state index is 11.6. The molecule has 0 spiro atoms. The van der Waals surface area contributed by atoms with Crippen LogP contribution in [0.3, 0.4) is 0 Å². The first-order valence-corrected chi connectivity index (χ1v) is 7.82. The molecule has 0 bridgehead atoms. The van der Waals surface area contributed by atoms with Gasteiger partial charge in [0.2, 0.25) is 0 Å². The largest absolute Gasteiger partial charge is 0.482 e. The Morgan fingerprint density at radius 2 is 2.00 bits per heavy atom. The molecular formula is C14H20N2O4S. The number of urea groups is 1. The Morgan fingerprint density at radius 1 is 1.33 bits per heavy atom. The first kappa shape index (κ1) is 17.2. The number of ether oxygens (including phenoxy) is 1. The van der Waals surface area contributed by atoms with Gasteiger partial charge in [-0.3, -0.25) is 0 Å². The summed E-state index contributed by atoms with van der Waals surface area (Å²) < 4.78 is 5.00. The fourth-order valence-electron chi connectivity index (χ4n) is 1.46. The van der Waals surface area contributed by atoms with Crippen LogP contribution in [0.5, 0.6) is 5.75 Å². The van der Waals surface area contributed by atoms with Gasteiger partial charge in [0.15, 0.2) is 6.61 Å². The Balaban J connectivity index is 2.34. The van der Waals surface area contributed by atoms with Crippen molar-refractivity contribution in [1.82, 2.24) is 5.32 Å². The Hall–Kier alpha value is -1.89. The van der Waals surface area contributed by atoms with Crippen molar-refractivity contribution in [1.29, 1.82) is 0 Å². The van der Waals surface area contributed by atoms with Crippen LogP contribution >= 0.6 is 11.8 Å². The summed E-state index contributed by atoms with van der Waals surface area (Å²) in [5, 5.41) is 14.5. The van der Waals surface area contributed by atoms with Gasteiger partial charge in [0.25, 0.3) is 0 Å². The third-order valence-electron chi connectivity index (χ3n) is 2.71. The third kappa shape index (κ3) is 7.45. The predicted octanol–water partition coefficient (Wildman–Crippen LogP) is 2.41. The summed E-state index contributed by atoms with van der Waals surface area (Å²) in [4.78, 5) is 22.0. The Bertz CT molecular complexity index is 465. The highest BCUT2D eigenvalue weighted by Gasteiger charge is 2.04. The lowest BCUT2D eigenvalue weighted by atomic mass is 10.3. The highest BCUT2D eigenvalue weighted by Crippen LogP contribution is 2.15. The van der Waals surface area contributed by atoms with Gasteiger partial charge in [-0.2, -0.15) is 11.8 Å². The van der Waals surface area contributed by atoms with Gasteiger partial charge in [0.05, 0.1) is 0 Å². The zero-order chi connectivity index (χ0) is 15.7. The van der Waals surface area contributed by atoms with Gasteiger partial charge in [-0.15, -0.1) is 0 Å². The first-order valence-electron chi connectivity index (χ1n) is 6.53. The van der Waals surface area contributed by atoms with Crippen molar-refractivity contribution >= 4 is 29.4 Å². The minimum absolute atomic E-state index is 0.262. The number of carbonyl (C=O) groups is 2. The summed E-state index contributed by atoms with van der Waals surface area (Å²) in [7, 11) is 0. The lowest BCUT2D eigenvalue weighted by molar-refractivity contribution is -0.139. The van der Waals surface area contributed by atoms with Crippen LogP contribution in [0.15, 0.2) is 24.3 Å². The number of anilines is 1. The van der Waals surface area contributed by atoms with Crippen molar-refractivity contribution in [3.63, 3.8) is 0 Å². The van der Waals surface area contributed by atoms with Gasteiger partial charge < -0.3 is 20.5 Å². The van der Waals surface area contributed by atoms with Crippen LogP contribution in [0.4, 0.5) is 10.5 Å². The van der Waals surface area contributed by atoms with E-state index >= 15 is 0 Å². The molecule has 1 aromatic rings. The van der Waals surface area contributed by atoms with E-state index in [-0.39, 0.29) is 12.6 Å². The van der Waals surface area contributed by atoms with E-state index in [2.05, 4.69) is 17.6 Å². The van der Waals surface area contributed by atoms with Gasteiger partial charge in [-0.1, -0.05) is 6.92 Å². The number of nitrogens with one attached hydrogen (secondary N) is 2. The van der Waals surface area contributed by atoms with Gasteiger partial charge in [-0.25, -0.2) is 9.59 Å². The smallest absolute Gasteiger partial charge is 0.341 e. The van der Waals surface area contributed by atoms with Crippen LogP contribution < -0.4 is 15.4 Å². The van der Waals surface area contributed by atoms with Crippen molar-refractivity contribution < 1.29 is 19.4 Å². The molecule has 0 aliphatic carbocycles. The van der Waals surface area contributed by atoms with Gasteiger partial charge in [-0.05, 0) is 36.9 Å². The maximum atomic E-state index is 11.6. The molecule has 0 aromatic heterocycles. The van der Waals surface area contributed by atoms with Gasteiger partial charge in [0, 0.05) is 17.5 Å². The Labute approximate surface area is 128 Å². The summed E-state index contributed by atoms with van der Waals surface area (Å²) in [6.45, 7) is 2.34.